The molecular weight excluding hydrogens is 258 g/mol. The zero-order valence-electron chi connectivity index (χ0n) is 12.0. The topological polar surface area (TPSA) is 49.0 Å². The van der Waals surface area contributed by atoms with E-state index in [1.54, 1.807) is 0 Å². The maximum atomic E-state index is 6.06. The van der Waals surface area contributed by atoms with Crippen molar-refractivity contribution in [2.24, 2.45) is 0 Å². The third kappa shape index (κ3) is 2.99. The molecule has 0 radical (unpaired) electrons. The number of hydrogen-bond acceptors (Lipinski definition) is 5. The van der Waals surface area contributed by atoms with Gasteiger partial charge in [0.05, 0.1) is 13.2 Å². The molecule has 0 amide bonds. The molecular formula is C15H21NO4. The summed E-state index contributed by atoms with van der Waals surface area (Å²) in [6, 6.07) is 4.35. The molecule has 2 aliphatic rings. The van der Waals surface area contributed by atoms with Crippen LogP contribution in [-0.2, 0) is 11.3 Å². The Balaban J connectivity index is 1.80. The first-order valence-electron chi connectivity index (χ1n) is 7.12. The third-order valence-electron chi connectivity index (χ3n) is 3.44. The molecule has 0 aromatic heterocycles. The molecule has 0 spiro atoms. The normalized spacial score (nSPS) is 20.6. The monoisotopic (exact) mass is 279 g/mol. The minimum absolute atomic E-state index is 0.133. The number of ether oxygens (including phenoxy) is 4. The van der Waals surface area contributed by atoms with Crippen molar-refractivity contribution in [3.63, 3.8) is 0 Å². The van der Waals surface area contributed by atoms with E-state index >= 15 is 0 Å². The van der Waals surface area contributed by atoms with Gasteiger partial charge in [-0.25, -0.2) is 0 Å². The smallest absolute Gasteiger partial charge is 0.231 e. The number of nitrogens with one attached hydrogen (secondary N) is 1. The van der Waals surface area contributed by atoms with Gasteiger partial charge in [0.1, 0.15) is 11.9 Å². The Kier molecular flexibility index (Phi) is 3.98. The summed E-state index contributed by atoms with van der Waals surface area (Å²) in [7, 11) is 0. The fourth-order valence-corrected chi connectivity index (χ4v) is 2.31. The molecule has 110 valence electrons. The molecule has 1 aromatic rings. The van der Waals surface area contributed by atoms with Crippen LogP contribution in [0.5, 0.6) is 17.2 Å². The van der Waals surface area contributed by atoms with Gasteiger partial charge in [0.2, 0.25) is 6.79 Å². The average Bonchev–Trinajstić information content (AvgIpc) is 3.06. The van der Waals surface area contributed by atoms with Gasteiger partial charge in [-0.05, 0) is 6.07 Å². The van der Waals surface area contributed by atoms with Gasteiger partial charge < -0.3 is 24.3 Å². The number of rotatable bonds is 5. The van der Waals surface area contributed by atoms with Gasteiger partial charge >= 0.3 is 0 Å². The van der Waals surface area contributed by atoms with E-state index in [1.165, 1.54) is 0 Å². The molecule has 5 heteroatoms. The fraction of sp³-hybridized carbons (Fsp3) is 0.600. The van der Waals surface area contributed by atoms with Crippen molar-refractivity contribution in [2.75, 3.05) is 20.0 Å². The van der Waals surface area contributed by atoms with Gasteiger partial charge in [-0.3, -0.25) is 0 Å². The molecule has 5 nitrogen and oxygen atoms in total. The van der Waals surface area contributed by atoms with Crippen LogP contribution >= 0.6 is 0 Å². The largest absolute Gasteiger partial charge is 0.487 e. The Morgan fingerprint density at radius 1 is 1.30 bits per heavy atom. The fourth-order valence-electron chi connectivity index (χ4n) is 2.31. The Labute approximate surface area is 119 Å². The van der Waals surface area contributed by atoms with Crippen LogP contribution in [-0.4, -0.2) is 32.2 Å². The minimum atomic E-state index is 0.133. The van der Waals surface area contributed by atoms with Gasteiger partial charge in [-0.15, -0.1) is 0 Å². The van der Waals surface area contributed by atoms with Crippen molar-refractivity contribution < 1.29 is 18.9 Å². The highest BCUT2D eigenvalue weighted by Gasteiger charge is 2.22. The summed E-state index contributed by atoms with van der Waals surface area (Å²) in [5, 5.41) is 3.41. The highest BCUT2D eigenvalue weighted by molar-refractivity contribution is 5.52. The van der Waals surface area contributed by atoms with Crippen LogP contribution in [0.15, 0.2) is 12.1 Å². The Morgan fingerprint density at radius 3 is 2.80 bits per heavy atom. The number of hydrogen-bond donors (Lipinski definition) is 1. The summed E-state index contributed by atoms with van der Waals surface area (Å²) < 4.78 is 22.3. The summed E-state index contributed by atoms with van der Waals surface area (Å²) in [4.78, 5) is 0. The summed E-state index contributed by atoms with van der Waals surface area (Å²) in [5.41, 5.74) is 1.09. The number of benzene rings is 1. The average molecular weight is 279 g/mol. The van der Waals surface area contributed by atoms with E-state index in [4.69, 9.17) is 18.9 Å². The summed E-state index contributed by atoms with van der Waals surface area (Å²) in [6.45, 7) is 6.70. The number of fused-ring (bicyclic) bond motifs is 1. The van der Waals surface area contributed by atoms with E-state index in [-0.39, 0.29) is 12.9 Å². The zero-order chi connectivity index (χ0) is 13.9. The molecule has 3 rings (SSSR count). The standard InChI is InChI=1S/C15H21NO4/c1-10(2)16-7-11-5-14-15(19-9-18-14)6-13(11)20-12-3-4-17-8-12/h5-6,10,12,16H,3-4,7-9H2,1-2H3. The lowest BCUT2D eigenvalue weighted by atomic mass is 10.1. The lowest BCUT2D eigenvalue weighted by molar-refractivity contribution is 0.140. The van der Waals surface area contributed by atoms with Crippen molar-refractivity contribution in [1.29, 1.82) is 0 Å². The first-order valence-corrected chi connectivity index (χ1v) is 7.12. The molecule has 20 heavy (non-hydrogen) atoms. The molecule has 2 aliphatic heterocycles. The Bertz CT molecular complexity index is 469. The van der Waals surface area contributed by atoms with Crippen molar-refractivity contribution in [1.82, 2.24) is 5.32 Å². The van der Waals surface area contributed by atoms with Crippen LogP contribution in [0.25, 0.3) is 0 Å². The van der Waals surface area contributed by atoms with Crippen LogP contribution in [0.2, 0.25) is 0 Å². The van der Waals surface area contributed by atoms with Gasteiger partial charge in [0.15, 0.2) is 11.5 Å². The van der Waals surface area contributed by atoms with Gasteiger partial charge in [0.25, 0.3) is 0 Å². The van der Waals surface area contributed by atoms with Crippen molar-refractivity contribution in [2.45, 2.75) is 39.0 Å². The lowest BCUT2D eigenvalue weighted by Crippen LogP contribution is -2.23. The predicted molar refractivity (Wildman–Crippen MR) is 74.4 cm³/mol. The molecule has 2 heterocycles. The second-order valence-electron chi connectivity index (χ2n) is 5.45. The molecule has 1 unspecified atom stereocenters. The second kappa shape index (κ2) is 5.89. The molecule has 0 aliphatic carbocycles. The molecule has 1 fully saturated rings. The Hall–Kier alpha value is -1.46. The first kappa shape index (κ1) is 13.5. The lowest BCUT2D eigenvalue weighted by Gasteiger charge is -2.17. The van der Waals surface area contributed by atoms with Gasteiger partial charge in [-0.2, -0.15) is 0 Å². The third-order valence-corrected chi connectivity index (χ3v) is 3.44. The first-order chi connectivity index (χ1) is 9.72. The van der Waals surface area contributed by atoms with E-state index in [1.807, 2.05) is 12.1 Å². The summed E-state index contributed by atoms with van der Waals surface area (Å²) in [6.07, 6.45) is 1.07. The quantitative estimate of drug-likeness (QED) is 0.894. The van der Waals surface area contributed by atoms with Crippen LogP contribution in [0.4, 0.5) is 0 Å². The Morgan fingerprint density at radius 2 is 2.10 bits per heavy atom. The maximum Gasteiger partial charge on any atom is 0.231 e. The highest BCUT2D eigenvalue weighted by atomic mass is 16.7. The highest BCUT2D eigenvalue weighted by Crippen LogP contribution is 2.38. The van der Waals surface area contributed by atoms with Crippen LogP contribution in [0.1, 0.15) is 25.8 Å². The molecule has 1 atom stereocenters. The van der Waals surface area contributed by atoms with E-state index in [0.717, 1.165) is 42.4 Å². The second-order valence-corrected chi connectivity index (χ2v) is 5.45. The molecule has 0 bridgehead atoms. The van der Waals surface area contributed by atoms with E-state index in [0.29, 0.717) is 12.6 Å². The van der Waals surface area contributed by atoms with E-state index in [9.17, 15) is 0 Å². The van der Waals surface area contributed by atoms with Crippen molar-refractivity contribution >= 4 is 0 Å². The molecule has 1 saturated heterocycles. The molecule has 1 N–H and O–H groups in total. The van der Waals surface area contributed by atoms with Crippen LogP contribution in [0, 0.1) is 0 Å². The zero-order valence-corrected chi connectivity index (χ0v) is 12.0. The van der Waals surface area contributed by atoms with Crippen LogP contribution in [0.3, 0.4) is 0 Å². The summed E-state index contributed by atoms with van der Waals surface area (Å²) >= 11 is 0. The van der Waals surface area contributed by atoms with E-state index in [2.05, 4.69) is 19.2 Å². The molecule has 0 saturated carbocycles. The maximum absolute atomic E-state index is 6.06. The van der Waals surface area contributed by atoms with Crippen molar-refractivity contribution in [3.05, 3.63) is 17.7 Å². The predicted octanol–water partition coefficient (Wildman–Crippen LogP) is 2.08. The van der Waals surface area contributed by atoms with Crippen LogP contribution < -0.4 is 19.5 Å². The van der Waals surface area contributed by atoms with E-state index < -0.39 is 0 Å². The van der Waals surface area contributed by atoms with Crippen molar-refractivity contribution in [3.8, 4) is 17.2 Å². The molecule has 1 aromatic carbocycles. The van der Waals surface area contributed by atoms with Gasteiger partial charge in [0, 0.05) is 30.6 Å². The SMILES string of the molecule is CC(C)NCc1cc2c(cc1OC1CCOC1)OCO2. The van der Waals surface area contributed by atoms with Gasteiger partial charge in [-0.1, -0.05) is 13.8 Å². The summed E-state index contributed by atoms with van der Waals surface area (Å²) in [5.74, 6) is 2.41. The minimum Gasteiger partial charge on any atom is -0.487 e.